The zero-order chi connectivity index (χ0) is 7.98. The quantitative estimate of drug-likeness (QED) is 0.365. The summed E-state index contributed by atoms with van der Waals surface area (Å²) >= 11 is 0. The van der Waals surface area contributed by atoms with Crippen molar-refractivity contribution in [3.8, 4) is 0 Å². The molecule has 0 aliphatic carbocycles. The maximum Gasteiger partial charge on any atom is 0.544 e. The Labute approximate surface area is 61.1 Å². The summed E-state index contributed by atoms with van der Waals surface area (Å²) in [5, 5.41) is 8.74. The number of nitrogens with zero attached hydrogens (tertiary/aromatic N) is 1. The molecule has 0 aromatic heterocycles. The normalized spacial score (nSPS) is 12.2. The lowest BCUT2D eigenvalue weighted by atomic mass is 10.6. The highest BCUT2D eigenvalue weighted by Crippen LogP contribution is 1.75. The first-order valence-corrected chi connectivity index (χ1v) is 3.18. The number of aliphatic hydroxyl groups is 1. The van der Waals surface area contributed by atoms with Crippen LogP contribution in [0.3, 0.4) is 0 Å². The van der Waals surface area contributed by atoms with E-state index in [1.807, 2.05) is 19.0 Å². The number of nitrogens with one attached hydrogen (secondary N) is 1. The Hall–Kier alpha value is -0.770. The summed E-state index contributed by atoms with van der Waals surface area (Å²) < 4.78 is 4.82. The predicted octanol–water partition coefficient (Wildman–Crippen LogP) is -1.81. The van der Waals surface area contributed by atoms with E-state index in [-0.39, 0.29) is 6.08 Å². The van der Waals surface area contributed by atoms with Gasteiger partial charge in [-0.1, -0.05) is 0 Å². The van der Waals surface area contributed by atoms with Gasteiger partial charge in [-0.3, -0.25) is 0 Å². The molecular formula is C6H15N2O2+. The Balaban J connectivity index is 3.20. The van der Waals surface area contributed by atoms with Crippen molar-refractivity contribution < 1.29 is 14.8 Å². The fourth-order valence-corrected chi connectivity index (χ4v) is 0.397. The Bertz CT molecular complexity index is 112. The number of likely N-dealkylation sites (N-methyl/N-ethyl adjacent to an activating group) is 1. The van der Waals surface area contributed by atoms with Gasteiger partial charge in [0.2, 0.25) is 0 Å². The van der Waals surface area contributed by atoms with Crippen molar-refractivity contribution in [2.75, 3.05) is 34.3 Å². The number of hydrogen-bond donors (Lipinski definition) is 2. The summed E-state index contributed by atoms with van der Waals surface area (Å²) in [6, 6.07) is 0. The van der Waals surface area contributed by atoms with Gasteiger partial charge in [0.05, 0.1) is 0 Å². The van der Waals surface area contributed by atoms with Crippen LogP contribution >= 0.6 is 0 Å². The molecule has 0 rings (SSSR count). The van der Waals surface area contributed by atoms with Gasteiger partial charge < -0.3 is 14.7 Å². The Morgan fingerprint density at radius 2 is 2.20 bits per heavy atom. The van der Waals surface area contributed by atoms with Crippen LogP contribution in [0.4, 0.5) is 0 Å². The van der Waals surface area contributed by atoms with Crippen LogP contribution in [0.15, 0.2) is 0 Å². The van der Waals surface area contributed by atoms with Crippen LogP contribution in [0.2, 0.25) is 0 Å². The molecule has 0 bridgehead atoms. The van der Waals surface area contributed by atoms with E-state index < -0.39 is 0 Å². The van der Waals surface area contributed by atoms with E-state index in [1.54, 1.807) is 7.05 Å². The summed E-state index contributed by atoms with van der Waals surface area (Å²) in [4.78, 5) is 4.45. The molecule has 0 amide bonds. The molecule has 4 nitrogen and oxygen atoms in total. The second-order valence-corrected chi connectivity index (χ2v) is 2.21. The Morgan fingerprint density at radius 1 is 1.60 bits per heavy atom. The van der Waals surface area contributed by atoms with Gasteiger partial charge in [0.25, 0.3) is 0 Å². The average Bonchev–Trinajstić information content (AvgIpc) is 1.87. The fraction of sp³-hybridized carbons (Fsp3) is 0.833. The molecule has 4 heteroatoms. The zero-order valence-corrected chi connectivity index (χ0v) is 6.72. The number of ether oxygens (including phenoxy) is 1. The maximum atomic E-state index is 8.74. The van der Waals surface area contributed by atoms with Crippen molar-refractivity contribution >= 4 is 6.08 Å². The van der Waals surface area contributed by atoms with Crippen LogP contribution in [0.5, 0.6) is 0 Å². The first-order chi connectivity index (χ1) is 4.66. The second kappa shape index (κ2) is 5.05. The molecule has 0 saturated heterocycles. The van der Waals surface area contributed by atoms with Crippen LogP contribution in [0.1, 0.15) is 0 Å². The van der Waals surface area contributed by atoms with Gasteiger partial charge in [-0.15, -0.1) is 0 Å². The highest BCUT2D eigenvalue weighted by atomic mass is 16.6. The lowest BCUT2D eigenvalue weighted by molar-refractivity contribution is -0.444. The van der Waals surface area contributed by atoms with Crippen LogP contribution in [-0.2, 0) is 4.74 Å². The van der Waals surface area contributed by atoms with Gasteiger partial charge in [0.1, 0.15) is 13.7 Å². The number of aliphatic hydroxyl groups excluding tert-OH is 1. The van der Waals surface area contributed by atoms with Crippen molar-refractivity contribution in [1.82, 2.24) is 4.90 Å². The van der Waals surface area contributed by atoms with Crippen molar-refractivity contribution in [3.63, 3.8) is 0 Å². The van der Waals surface area contributed by atoms with Gasteiger partial charge >= 0.3 is 6.08 Å². The molecule has 0 spiro atoms. The Kier molecular flexibility index (Phi) is 4.66. The van der Waals surface area contributed by atoms with Crippen molar-refractivity contribution in [2.24, 2.45) is 0 Å². The molecule has 0 aliphatic rings. The van der Waals surface area contributed by atoms with E-state index in [9.17, 15) is 0 Å². The molecule has 10 heavy (non-hydrogen) atoms. The first kappa shape index (κ1) is 9.23. The molecule has 0 radical (unpaired) electrons. The minimum absolute atomic E-state index is 0.123. The summed E-state index contributed by atoms with van der Waals surface area (Å²) in [5.74, 6) is 0. The van der Waals surface area contributed by atoms with Gasteiger partial charge in [-0.05, 0) is 14.1 Å². The summed E-state index contributed by atoms with van der Waals surface area (Å²) in [6.07, 6.45) is -0.123. The lowest BCUT2D eigenvalue weighted by Crippen LogP contribution is -2.68. The fourth-order valence-electron chi connectivity index (χ4n) is 0.397. The average molecular weight is 147 g/mol. The molecule has 0 saturated carbocycles. The Morgan fingerprint density at radius 3 is 2.60 bits per heavy atom. The predicted molar refractivity (Wildman–Crippen MR) is 39.0 cm³/mol. The first-order valence-electron chi connectivity index (χ1n) is 3.18. The third kappa shape index (κ3) is 5.37. The van der Waals surface area contributed by atoms with E-state index in [1.165, 1.54) is 0 Å². The molecule has 0 unspecified atom stereocenters. The second-order valence-electron chi connectivity index (χ2n) is 2.21. The van der Waals surface area contributed by atoms with Gasteiger partial charge in [-0.2, -0.15) is 4.99 Å². The van der Waals surface area contributed by atoms with Gasteiger partial charge in [0.15, 0.2) is 0 Å². The monoisotopic (exact) mass is 147 g/mol. The third-order valence-electron chi connectivity index (χ3n) is 0.991. The van der Waals surface area contributed by atoms with Crippen LogP contribution in [0.25, 0.3) is 0 Å². The van der Waals surface area contributed by atoms with Gasteiger partial charge in [-0.25, -0.2) is 0 Å². The third-order valence-corrected chi connectivity index (χ3v) is 0.991. The highest BCUT2D eigenvalue weighted by molar-refractivity contribution is 5.56. The molecular weight excluding hydrogens is 132 g/mol. The molecule has 0 aliphatic heterocycles. The molecule has 2 N–H and O–H groups in total. The van der Waals surface area contributed by atoms with E-state index in [2.05, 4.69) is 4.99 Å². The largest absolute Gasteiger partial charge is 0.544 e. The SMILES string of the molecule is C[NH+]=C(O)OCCN(C)C. The topological polar surface area (TPSA) is 46.7 Å². The summed E-state index contributed by atoms with van der Waals surface area (Å²) in [6.45, 7) is 1.30. The minimum atomic E-state index is -0.123. The van der Waals surface area contributed by atoms with E-state index >= 15 is 0 Å². The van der Waals surface area contributed by atoms with Crippen molar-refractivity contribution in [1.29, 1.82) is 0 Å². The van der Waals surface area contributed by atoms with Crippen molar-refractivity contribution in [3.05, 3.63) is 0 Å². The standard InChI is InChI=1S/C6H14N2O2/c1-7-6(9)10-5-4-8(2)3/h4-5H2,1-3H3,(H,7,9)/p+1. The number of hydrogen-bond acceptors (Lipinski definition) is 2. The lowest BCUT2D eigenvalue weighted by Gasteiger charge is -2.06. The molecule has 0 atom stereocenters. The van der Waals surface area contributed by atoms with E-state index in [0.717, 1.165) is 6.54 Å². The zero-order valence-electron chi connectivity index (χ0n) is 6.72. The van der Waals surface area contributed by atoms with Crippen LogP contribution < -0.4 is 4.99 Å². The van der Waals surface area contributed by atoms with Crippen molar-refractivity contribution in [2.45, 2.75) is 0 Å². The smallest absolute Gasteiger partial charge is 0.430 e. The molecule has 0 heterocycles. The van der Waals surface area contributed by atoms with Gasteiger partial charge in [0, 0.05) is 6.54 Å². The highest BCUT2D eigenvalue weighted by Gasteiger charge is 1.99. The number of rotatable bonds is 3. The summed E-state index contributed by atoms with van der Waals surface area (Å²) in [5.41, 5.74) is 0. The van der Waals surface area contributed by atoms with E-state index in [0.29, 0.717) is 6.61 Å². The molecule has 0 aromatic carbocycles. The summed E-state index contributed by atoms with van der Waals surface area (Å²) in [7, 11) is 5.49. The molecule has 0 fully saturated rings. The van der Waals surface area contributed by atoms with Crippen LogP contribution in [-0.4, -0.2) is 50.4 Å². The minimum Gasteiger partial charge on any atom is -0.430 e. The van der Waals surface area contributed by atoms with Crippen LogP contribution in [0, 0.1) is 0 Å². The van der Waals surface area contributed by atoms with E-state index in [4.69, 9.17) is 9.84 Å². The molecule has 0 aromatic rings. The maximum absolute atomic E-state index is 8.74. The molecule has 60 valence electrons.